The van der Waals surface area contributed by atoms with Crippen LogP contribution in [0, 0.1) is 13.8 Å². The van der Waals surface area contributed by atoms with Gasteiger partial charge in [-0.05, 0) is 33.1 Å². The van der Waals surface area contributed by atoms with Crippen molar-refractivity contribution in [2.75, 3.05) is 26.7 Å². The summed E-state index contributed by atoms with van der Waals surface area (Å²) < 4.78 is 11.2. The summed E-state index contributed by atoms with van der Waals surface area (Å²) in [6.07, 6.45) is 7.96. The number of hydrogen-bond donors (Lipinski definition) is 2. The van der Waals surface area contributed by atoms with E-state index in [2.05, 4.69) is 27.7 Å². The topological polar surface area (TPSA) is 71.7 Å². The van der Waals surface area contributed by atoms with Gasteiger partial charge in [-0.15, -0.1) is 0 Å². The lowest BCUT2D eigenvalue weighted by Gasteiger charge is -2.22. The maximum absolute atomic E-state index is 5.95. The third kappa shape index (κ3) is 6.34. The van der Waals surface area contributed by atoms with E-state index in [1.165, 1.54) is 37.7 Å². The molecule has 1 atom stereocenters. The fourth-order valence-corrected chi connectivity index (χ4v) is 3.53. The number of guanidine groups is 1. The van der Waals surface area contributed by atoms with E-state index in [0.29, 0.717) is 12.0 Å². The van der Waals surface area contributed by atoms with Crippen molar-refractivity contribution in [1.29, 1.82) is 0 Å². The van der Waals surface area contributed by atoms with Gasteiger partial charge in [0.25, 0.3) is 0 Å². The number of nitrogens with one attached hydrogen (secondary N) is 2. The first kappa shape index (κ1) is 19.8. The Morgan fingerprint density at radius 1 is 1.28 bits per heavy atom. The molecule has 6 nitrogen and oxygen atoms in total. The monoisotopic (exact) mass is 350 g/mol. The van der Waals surface area contributed by atoms with Gasteiger partial charge < -0.3 is 19.9 Å². The molecule has 0 aromatic carbocycles. The molecule has 1 unspecified atom stereocenters. The zero-order valence-electron chi connectivity index (χ0n) is 16.2. The molecule has 25 heavy (non-hydrogen) atoms. The number of ether oxygens (including phenoxy) is 1. The molecular formula is C19H34N4O2. The zero-order valence-corrected chi connectivity index (χ0v) is 16.2. The Morgan fingerprint density at radius 3 is 2.68 bits per heavy atom. The second kappa shape index (κ2) is 10.4. The predicted octanol–water partition coefficient (Wildman–Crippen LogP) is 3.30. The lowest BCUT2D eigenvalue weighted by atomic mass is 9.98. The molecule has 1 aliphatic rings. The summed E-state index contributed by atoms with van der Waals surface area (Å²) in [5.41, 5.74) is 2.15. The minimum Gasteiger partial charge on any atom is -0.378 e. The minimum atomic E-state index is 0.319. The fraction of sp³-hybridized carbons (Fsp3) is 0.789. The van der Waals surface area contributed by atoms with Crippen LogP contribution in [0.25, 0.3) is 0 Å². The van der Waals surface area contributed by atoms with Gasteiger partial charge in [-0.25, -0.2) is 0 Å². The van der Waals surface area contributed by atoms with Gasteiger partial charge in [-0.3, -0.25) is 4.99 Å². The van der Waals surface area contributed by atoms with Crippen LogP contribution in [0.2, 0.25) is 0 Å². The Hall–Kier alpha value is -1.56. The Labute approximate surface area is 151 Å². The summed E-state index contributed by atoms with van der Waals surface area (Å²) in [6, 6.07) is 0. The Morgan fingerprint density at radius 2 is 2.04 bits per heavy atom. The van der Waals surface area contributed by atoms with E-state index >= 15 is 0 Å². The Balaban J connectivity index is 1.62. The molecule has 0 saturated heterocycles. The van der Waals surface area contributed by atoms with Gasteiger partial charge in [0.1, 0.15) is 5.76 Å². The van der Waals surface area contributed by atoms with Crippen molar-refractivity contribution < 1.29 is 9.26 Å². The number of hydrogen-bond acceptors (Lipinski definition) is 4. The molecule has 1 aromatic heterocycles. The van der Waals surface area contributed by atoms with Gasteiger partial charge in [0.05, 0.1) is 11.8 Å². The normalized spacial score (nSPS) is 17.5. The van der Waals surface area contributed by atoms with Gasteiger partial charge in [0.15, 0.2) is 5.96 Å². The first-order chi connectivity index (χ1) is 12.1. The Bertz CT molecular complexity index is 516. The van der Waals surface area contributed by atoms with Gasteiger partial charge in [0, 0.05) is 38.2 Å². The van der Waals surface area contributed by atoms with Gasteiger partial charge in [0.2, 0.25) is 0 Å². The highest BCUT2D eigenvalue weighted by atomic mass is 16.5. The van der Waals surface area contributed by atoms with Gasteiger partial charge in [-0.2, -0.15) is 0 Å². The molecule has 1 aliphatic carbocycles. The second-order valence-corrected chi connectivity index (χ2v) is 7.00. The van der Waals surface area contributed by atoms with Crippen LogP contribution in [0.1, 0.15) is 68.4 Å². The average Bonchev–Trinajstić information content (AvgIpc) is 2.96. The van der Waals surface area contributed by atoms with Crippen LogP contribution in [-0.2, 0) is 4.74 Å². The molecule has 1 saturated carbocycles. The van der Waals surface area contributed by atoms with E-state index in [1.54, 1.807) is 7.05 Å². The van der Waals surface area contributed by atoms with Crippen LogP contribution in [0.5, 0.6) is 0 Å². The molecule has 6 heteroatoms. The van der Waals surface area contributed by atoms with E-state index in [-0.39, 0.29) is 0 Å². The summed E-state index contributed by atoms with van der Waals surface area (Å²) in [4.78, 5) is 4.29. The number of aryl methyl sites for hydroxylation is 2. The summed E-state index contributed by atoms with van der Waals surface area (Å²) in [5.74, 6) is 2.05. The molecular weight excluding hydrogens is 316 g/mol. The smallest absolute Gasteiger partial charge is 0.190 e. The third-order valence-corrected chi connectivity index (χ3v) is 4.90. The van der Waals surface area contributed by atoms with Crippen molar-refractivity contribution in [2.24, 2.45) is 4.99 Å². The molecule has 2 rings (SSSR count). The van der Waals surface area contributed by atoms with Crippen molar-refractivity contribution in [3.05, 3.63) is 17.0 Å². The largest absolute Gasteiger partial charge is 0.378 e. The van der Waals surface area contributed by atoms with Crippen LogP contribution in [0.15, 0.2) is 9.52 Å². The molecule has 0 aliphatic heterocycles. The second-order valence-electron chi connectivity index (χ2n) is 7.00. The van der Waals surface area contributed by atoms with E-state index in [9.17, 15) is 0 Å². The zero-order chi connectivity index (χ0) is 18.1. The summed E-state index contributed by atoms with van der Waals surface area (Å²) in [6.45, 7) is 8.61. The summed E-state index contributed by atoms with van der Waals surface area (Å²) >= 11 is 0. The molecule has 2 N–H and O–H groups in total. The van der Waals surface area contributed by atoms with Crippen LogP contribution in [0.4, 0.5) is 0 Å². The predicted molar refractivity (Wildman–Crippen MR) is 101 cm³/mol. The SMILES string of the molecule is CN=C(NCCCOC1CCCCC1)NCC(C)c1c(C)noc1C. The van der Waals surface area contributed by atoms with Crippen molar-refractivity contribution in [1.82, 2.24) is 15.8 Å². The van der Waals surface area contributed by atoms with E-state index in [1.807, 2.05) is 13.8 Å². The molecule has 0 radical (unpaired) electrons. The maximum atomic E-state index is 5.95. The van der Waals surface area contributed by atoms with Crippen LogP contribution in [-0.4, -0.2) is 44.0 Å². The highest BCUT2D eigenvalue weighted by Gasteiger charge is 2.16. The van der Waals surface area contributed by atoms with E-state index < -0.39 is 0 Å². The molecule has 142 valence electrons. The molecule has 1 heterocycles. The molecule has 1 aromatic rings. The lowest BCUT2D eigenvalue weighted by Crippen LogP contribution is -2.39. The number of nitrogens with zero attached hydrogens (tertiary/aromatic N) is 2. The van der Waals surface area contributed by atoms with Crippen molar-refractivity contribution in [3.63, 3.8) is 0 Å². The van der Waals surface area contributed by atoms with Crippen LogP contribution in [0.3, 0.4) is 0 Å². The van der Waals surface area contributed by atoms with Crippen LogP contribution < -0.4 is 10.6 Å². The summed E-state index contributed by atoms with van der Waals surface area (Å²) in [5, 5.41) is 10.8. The molecule has 0 spiro atoms. The third-order valence-electron chi connectivity index (χ3n) is 4.90. The fourth-order valence-electron chi connectivity index (χ4n) is 3.53. The van der Waals surface area contributed by atoms with Gasteiger partial charge in [-0.1, -0.05) is 31.3 Å². The quantitative estimate of drug-likeness (QED) is 0.428. The minimum absolute atomic E-state index is 0.319. The van der Waals surface area contributed by atoms with Crippen molar-refractivity contribution >= 4 is 5.96 Å². The molecule has 1 fully saturated rings. The standard InChI is InChI=1S/C19H34N4O2/c1-14(18-15(2)23-25-16(18)3)13-22-19(20-4)21-11-8-12-24-17-9-6-5-7-10-17/h14,17H,5-13H2,1-4H3,(H2,20,21,22). The highest BCUT2D eigenvalue weighted by Crippen LogP contribution is 2.22. The molecule has 0 bridgehead atoms. The van der Waals surface area contributed by atoms with Crippen LogP contribution >= 0.6 is 0 Å². The number of aromatic nitrogens is 1. The summed E-state index contributed by atoms with van der Waals surface area (Å²) in [7, 11) is 1.80. The highest BCUT2D eigenvalue weighted by molar-refractivity contribution is 5.79. The van der Waals surface area contributed by atoms with Crippen molar-refractivity contribution in [2.45, 2.75) is 71.3 Å². The molecule has 0 amide bonds. The average molecular weight is 351 g/mol. The van der Waals surface area contributed by atoms with E-state index in [0.717, 1.165) is 43.5 Å². The van der Waals surface area contributed by atoms with E-state index in [4.69, 9.17) is 9.26 Å². The number of aliphatic imine (C=N–C) groups is 1. The lowest BCUT2D eigenvalue weighted by molar-refractivity contribution is 0.0277. The Kier molecular flexibility index (Phi) is 8.25. The first-order valence-electron chi connectivity index (χ1n) is 9.60. The van der Waals surface area contributed by atoms with Crippen molar-refractivity contribution in [3.8, 4) is 0 Å². The first-order valence-corrected chi connectivity index (χ1v) is 9.60. The maximum Gasteiger partial charge on any atom is 0.190 e. The number of rotatable bonds is 8. The van der Waals surface area contributed by atoms with Gasteiger partial charge >= 0.3 is 0 Å².